The van der Waals surface area contributed by atoms with Crippen molar-refractivity contribution in [2.45, 2.75) is 95.3 Å². The number of hydrogen-bond acceptors (Lipinski definition) is 7. The van der Waals surface area contributed by atoms with Crippen molar-refractivity contribution in [2.24, 2.45) is 5.73 Å². The number of Topliss-reactive ketones (excluding diaryl/α,β-unsaturated/α-hetero) is 1. The smallest absolute Gasteiger partial charge is 0.294 e. The van der Waals surface area contributed by atoms with Crippen LogP contribution in [0.15, 0.2) is 82.1 Å². The molecule has 5 rings (SSSR count). The molecule has 0 aromatic heterocycles. The summed E-state index contributed by atoms with van der Waals surface area (Å²) in [6.45, 7) is 12.4. The summed E-state index contributed by atoms with van der Waals surface area (Å²) in [4.78, 5) is 27.9. The van der Waals surface area contributed by atoms with Gasteiger partial charge in [0.05, 0.1) is 10.3 Å². The van der Waals surface area contributed by atoms with Gasteiger partial charge in [-0.3, -0.25) is 14.1 Å². The maximum Gasteiger partial charge on any atom is 0.294 e. The van der Waals surface area contributed by atoms with Gasteiger partial charge in [0.2, 0.25) is 11.6 Å². The number of nitrogens with one attached hydrogen (secondary N) is 1. The average molecular weight is 703 g/mol. The average Bonchev–Trinajstić information content (AvgIpc) is 3.45. The van der Waals surface area contributed by atoms with Gasteiger partial charge in [-0.15, -0.1) is 0 Å². The van der Waals surface area contributed by atoms with E-state index in [2.05, 4.69) is 54.6 Å². The van der Waals surface area contributed by atoms with E-state index in [1.807, 2.05) is 19.1 Å². The third-order valence-corrected chi connectivity index (χ3v) is 11.3. The number of benzene rings is 2. The van der Waals surface area contributed by atoms with Crippen LogP contribution in [0.3, 0.4) is 0 Å². The van der Waals surface area contributed by atoms with Crippen molar-refractivity contribution in [1.29, 1.82) is 0 Å². The number of fused-ring (bicyclic) bond motifs is 2. The molecule has 0 spiro atoms. The number of carbonyl (C=O) groups is 2. The van der Waals surface area contributed by atoms with Crippen LogP contribution in [-0.2, 0) is 30.5 Å². The normalized spacial score (nSPS) is 21.3. The monoisotopic (exact) mass is 702 g/mol. The van der Waals surface area contributed by atoms with E-state index in [9.17, 15) is 27.7 Å². The standard InChI is InChI=1S/C39H50N4O6S/c1-6-8-22-43-32-18-17-26(50(47,48)49)23-30(32)39(5,19-13-9-10-16-35(44)41-21-20-40)34(43)25-28-36(45)27(37(28)46)24-33-38(3,4)29-14-11-12-15-31(29)42(33)7-2/h11-12,14-15,17-18,23-25H,6-10,13,16,19-22,40H2,1-5H3,(H2-,41,44,45,46,47,48,49). The fourth-order valence-electron chi connectivity index (χ4n) is 7.63. The lowest BCUT2D eigenvalue weighted by molar-refractivity contribution is -0.433. The Kier molecular flexibility index (Phi) is 10.9. The minimum absolute atomic E-state index is 0.0515. The van der Waals surface area contributed by atoms with Crippen LogP contribution in [0.2, 0.25) is 0 Å². The van der Waals surface area contributed by atoms with Crippen LogP contribution < -0.4 is 21.1 Å². The lowest BCUT2D eigenvalue weighted by atomic mass is 9.75. The number of nitrogens with zero attached hydrogens (tertiary/aromatic N) is 2. The number of unbranched alkanes of at least 4 members (excludes halogenated alkanes) is 3. The molecule has 0 radical (unpaired) electrons. The van der Waals surface area contributed by atoms with Gasteiger partial charge in [-0.05, 0) is 76.8 Å². The van der Waals surface area contributed by atoms with Crippen molar-refractivity contribution < 1.29 is 32.2 Å². The molecule has 2 heterocycles. The molecule has 2 aromatic rings. The molecule has 11 heteroatoms. The van der Waals surface area contributed by atoms with Gasteiger partial charge in [0, 0.05) is 71.7 Å². The van der Waals surface area contributed by atoms with Crippen LogP contribution in [-0.4, -0.2) is 61.1 Å². The second-order valence-corrected chi connectivity index (χ2v) is 15.5. The molecule has 0 fully saturated rings. The Morgan fingerprint density at radius 2 is 1.78 bits per heavy atom. The summed E-state index contributed by atoms with van der Waals surface area (Å²) in [5, 5.41) is 16.7. The molecular formula is C39H50N4O6S. The number of nitrogens with two attached hydrogens (primary N) is 1. The molecule has 1 unspecified atom stereocenters. The van der Waals surface area contributed by atoms with Crippen LogP contribution >= 0.6 is 0 Å². The Morgan fingerprint density at radius 1 is 1.04 bits per heavy atom. The summed E-state index contributed by atoms with van der Waals surface area (Å²) in [6, 6.07) is 12.7. The second kappa shape index (κ2) is 14.7. The van der Waals surface area contributed by atoms with E-state index in [0.29, 0.717) is 57.4 Å². The van der Waals surface area contributed by atoms with Crippen LogP contribution in [0, 0.1) is 0 Å². The summed E-state index contributed by atoms with van der Waals surface area (Å²) >= 11 is 0. The molecule has 10 nitrogen and oxygen atoms in total. The Morgan fingerprint density at radius 3 is 2.44 bits per heavy atom. The van der Waals surface area contributed by atoms with Gasteiger partial charge in [0.15, 0.2) is 11.5 Å². The summed E-state index contributed by atoms with van der Waals surface area (Å²) in [6.07, 6.45) is 8.26. The first-order chi connectivity index (χ1) is 23.7. The number of rotatable bonds is 15. The Labute approximate surface area is 296 Å². The lowest BCUT2D eigenvalue weighted by Gasteiger charge is -2.34. The summed E-state index contributed by atoms with van der Waals surface area (Å²) in [5.41, 5.74) is 9.96. The Balaban J connectivity index is 1.54. The van der Waals surface area contributed by atoms with Gasteiger partial charge in [-0.2, -0.15) is 13.0 Å². The zero-order valence-corrected chi connectivity index (χ0v) is 30.7. The maximum absolute atomic E-state index is 13.9. The van der Waals surface area contributed by atoms with Crippen molar-refractivity contribution in [3.05, 3.63) is 88.3 Å². The van der Waals surface area contributed by atoms with Gasteiger partial charge < -0.3 is 21.1 Å². The molecule has 2 aliphatic heterocycles. The third kappa shape index (κ3) is 6.83. The molecule has 0 saturated heterocycles. The topological polar surface area (TPSA) is 156 Å². The van der Waals surface area contributed by atoms with E-state index in [1.54, 1.807) is 18.2 Å². The van der Waals surface area contributed by atoms with Gasteiger partial charge in [-0.1, -0.05) is 50.1 Å². The molecule has 4 N–H and O–H groups in total. The number of amides is 1. The highest BCUT2D eigenvalue weighted by Gasteiger charge is 2.47. The first-order valence-electron chi connectivity index (χ1n) is 17.7. The number of anilines is 1. The summed E-state index contributed by atoms with van der Waals surface area (Å²) in [5.74, 6) is -0.674. The second-order valence-electron chi connectivity index (χ2n) is 14.1. The molecule has 1 amide bonds. The fraction of sp³-hybridized carbons (Fsp3) is 0.462. The van der Waals surface area contributed by atoms with Crippen LogP contribution in [0.5, 0.6) is 0 Å². The number of para-hydroxylation sites is 1. The van der Waals surface area contributed by atoms with Crippen molar-refractivity contribution in [3.8, 4) is 0 Å². The van der Waals surface area contributed by atoms with E-state index in [1.165, 1.54) is 12.1 Å². The largest absolute Gasteiger partial charge is 0.871 e. The molecule has 2 aromatic carbocycles. The van der Waals surface area contributed by atoms with Gasteiger partial charge >= 0.3 is 0 Å². The highest BCUT2D eigenvalue weighted by molar-refractivity contribution is 7.85. The molecule has 1 aliphatic carbocycles. The van der Waals surface area contributed by atoms with E-state index in [-0.39, 0.29) is 33.5 Å². The maximum atomic E-state index is 13.9. The van der Waals surface area contributed by atoms with E-state index in [4.69, 9.17) is 5.73 Å². The molecular weight excluding hydrogens is 653 g/mol. The van der Waals surface area contributed by atoms with Crippen molar-refractivity contribution in [1.82, 2.24) is 5.32 Å². The van der Waals surface area contributed by atoms with Crippen molar-refractivity contribution >= 4 is 38.9 Å². The molecule has 268 valence electrons. The minimum Gasteiger partial charge on any atom is -0.871 e. The van der Waals surface area contributed by atoms with Crippen molar-refractivity contribution in [2.75, 3.05) is 31.1 Å². The number of ketones is 1. The van der Waals surface area contributed by atoms with Crippen LogP contribution in [0.4, 0.5) is 11.4 Å². The van der Waals surface area contributed by atoms with Gasteiger partial charge in [0.25, 0.3) is 10.1 Å². The van der Waals surface area contributed by atoms with Crippen molar-refractivity contribution in [3.63, 3.8) is 0 Å². The number of carbonyl (C=O) groups excluding carboxylic acids is 2. The van der Waals surface area contributed by atoms with Crippen LogP contribution in [0.1, 0.15) is 90.7 Å². The Hall–Kier alpha value is -4.06. The molecule has 50 heavy (non-hydrogen) atoms. The summed E-state index contributed by atoms with van der Waals surface area (Å²) in [7, 11) is -4.48. The highest BCUT2D eigenvalue weighted by Crippen LogP contribution is 2.52. The minimum atomic E-state index is -4.48. The van der Waals surface area contributed by atoms with E-state index >= 15 is 0 Å². The zero-order valence-electron chi connectivity index (χ0n) is 29.8. The SMILES string of the molecule is CCCCN1C(=CC2=C([O-])C(=CC3=[N+](CC)c4ccccc4C3(C)C)C2=O)C(C)(CCCCCC(=O)NCCN)c2cc(S(=O)(=O)O)ccc21. The van der Waals surface area contributed by atoms with E-state index in [0.717, 1.165) is 47.6 Å². The molecule has 0 saturated carbocycles. The molecule has 3 aliphatic rings. The predicted octanol–water partition coefficient (Wildman–Crippen LogP) is 4.94. The Bertz CT molecular complexity index is 1920. The lowest BCUT2D eigenvalue weighted by Crippen LogP contribution is -2.35. The van der Waals surface area contributed by atoms with Gasteiger partial charge in [-0.25, -0.2) is 0 Å². The third-order valence-electron chi connectivity index (χ3n) is 10.4. The molecule has 1 atom stereocenters. The van der Waals surface area contributed by atoms with E-state index < -0.39 is 20.9 Å². The zero-order chi connectivity index (χ0) is 36.4. The summed E-state index contributed by atoms with van der Waals surface area (Å²) < 4.78 is 36.6. The molecule has 0 bridgehead atoms. The first-order valence-corrected chi connectivity index (χ1v) is 19.2. The van der Waals surface area contributed by atoms with Gasteiger partial charge in [0.1, 0.15) is 6.54 Å². The first kappa shape index (κ1) is 37.2. The van der Waals surface area contributed by atoms with Crippen LogP contribution in [0.25, 0.3) is 0 Å². The quantitative estimate of drug-likeness (QED) is 0.102. The number of hydrogen-bond donors (Lipinski definition) is 3. The fourth-order valence-corrected chi connectivity index (χ4v) is 8.13. The number of allylic oxidation sites excluding steroid dienone is 5. The highest BCUT2D eigenvalue weighted by atomic mass is 32.2. The predicted molar refractivity (Wildman–Crippen MR) is 194 cm³/mol.